The van der Waals surface area contributed by atoms with Crippen LogP contribution in [-0.2, 0) is 0 Å². The monoisotopic (exact) mass is 307 g/mol. The van der Waals surface area contributed by atoms with Crippen LogP contribution in [0.3, 0.4) is 0 Å². The minimum atomic E-state index is 1.04. The van der Waals surface area contributed by atoms with Crippen molar-refractivity contribution in [1.82, 2.24) is 4.98 Å². The van der Waals surface area contributed by atoms with Crippen LogP contribution in [0.4, 0.5) is 0 Å². The Morgan fingerprint density at radius 1 is 0.737 bits per heavy atom. The van der Waals surface area contributed by atoms with Crippen molar-refractivity contribution in [2.75, 3.05) is 0 Å². The van der Waals surface area contributed by atoms with Crippen LogP contribution < -0.4 is 0 Å². The highest BCUT2D eigenvalue weighted by molar-refractivity contribution is 9.10. The molecule has 0 fully saturated rings. The van der Waals surface area contributed by atoms with Gasteiger partial charge in [0, 0.05) is 20.6 Å². The van der Waals surface area contributed by atoms with Gasteiger partial charge in [0.2, 0.25) is 0 Å². The second-order valence-electron chi connectivity index (χ2n) is 4.66. The van der Waals surface area contributed by atoms with Crippen molar-refractivity contribution in [3.8, 4) is 0 Å². The standard InChI is InChI=1S/C17H10BrN/c18-15-10-12-9-11-5-1-4-8-16(11)19-17(12)14-7-3-2-6-13(14)15/h1-10H. The predicted molar refractivity (Wildman–Crippen MR) is 84.5 cm³/mol. The highest BCUT2D eigenvalue weighted by Gasteiger charge is 2.06. The zero-order valence-corrected chi connectivity index (χ0v) is 11.7. The molecule has 0 amide bonds. The van der Waals surface area contributed by atoms with Crippen molar-refractivity contribution in [1.29, 1.82) is 0 Å². The molecule has 0 aliphatic heterocycles. The fourth-order valence-corrected chi connectivity index (χ4v) is 3.16. The molecule has 0 radical (unpaired) electrons. The molecular weight excluding hydrogens is 298 g/mol. The Balaban J connectivity index is 2.29. The van der Waals surface area contributed by atoms with E-state index in [9.17, 15) is 0 Å². The molecule has 0 spiro atoms. The van der Waals surface area contributed by atoms with Crippen LogP contribution in [0.25, 0.3) is 32.6 Å². The van der Waals surface area contributed by atoms with Gasteiger partial charge in [-0.1, -0.05) is 58.4 Å². The molecule has 0 aliphatic rings. The number of pyridine rings is 1. The number of hydrogen-bond acceptors (Lipinski definition) is 1. The largest absolute Gasteiger partial charge is 0.247 e. The fraction of sp³-hybridized carbons (Fsp3) is 0. The minimum Gasteiger partial charge on any atom is -0.247 e. The fourth-order valence-electron chi connectivity index (χ4n) is 2.57. The zero-order valence-electron chi connectivity index (χ0n) is 10.1. The first-order valence-electron chi connectivity index (χ1n) is 6.20. The molecule has 0 atom stereocenters. The van der Waals surface area contributed by atoms with E-state index in [-0.39, 0.29) is 0 Å². The molecule has 1 aromatic heterocycles. The maximum absolute atomic E-state index is 4.83. The lowest BCUT2D eigenvalue weighted by molar-refractivity contribution is 1.51. The van der Waals surface area contributed by atoms with Crippen molar-refractivity contribution in [2.24, 2.45) is 0 Å². The van der Waals surface area contributed by atoms with Crippen LogP contribution >= 0.6 is 15.9 Å². The summed E-state index contributed by atoms with van der Waals surface area (Å²) in [5.41, 5.74) is 2.11. The molecule has 0 saturated heterocycles. The normalized spacial score (nSPS) is 11.4. The Morgan fingerprint density at radius 2 is 1.47 bits per heavy atom. The molecule has 2 heteroatoms. The van der Waals surface area contributed by atoms with Crippen molar-refractivity contribution in [3.05, 3.63) is 65.1 Å². The van der Waals surface area contributed by atoms with Crippen LogP contribution in [0.2, 0.25) is 0 Å². The Bertz CT molecular complexity index is 928. The van der Waals surface area contributed by atoms with Gasteiger partial charge in [0.1, 0.15) is 0 Å². The molecule has 1 heterocycles. The van der Waals surface area contributed by atoms with E-state index in [4.69, 9.17) is 4.98 Å². The topological polar surface area (TPSA) is 12.9 Å². The Morgan fingerprint density at radius 3 is 2.37 bits per heavy atom. The molecule has 0 N–H and O–H groups in total. The van der Waals surface area contributed by atoms with Crippen molar-refractivity contribution < 1.29 is 0 Å². The molecule has 0 bridgehead atoms. The van der Waals surface area contributed by atoms with Crippen LogP contribution in [-0.4, -0.2) is 4.98 Å². The van der Waals surface area contributed by atoms with E-state index in [1.165, 1.54) is 21.5 Å². The van der Waals surface area contributed by atoms with Crippen molar-refractivity contribution in [3.63, 3.8) is 0 Å². The van der Waals surface area contributed by atoms with Crippen LogP contribution in [0.5, 0.6) is 0 Å². The predicted octanol–water partition coefficient (Wildman–Crippen LogP) is 5.30. The first-order valence-corrected chi connectivity index (χ1v) is 6.99. The number of fused-ring (bicyclic) bond motifs is 4. The van der Waals surface area contributed by atoms with Crippen LogP contribution in [0.15, 0.2) is 65.1 Å². The molecule has 90 valence electrons. The number of hydrogen-bond donors (Lipinski definition) is 0. The summed E-state index contributed by atoms with van der Waals surface area (Å²) in [5.74, 6) is 0. The Hall–Kier alpha value is -1.93. The van der Waals surface area contributed by atoms with Gasteiger partial charge in [-0.3, -0.25) is 0 Å². The molecule has 1 nitrogen and oxygen atoms in total. The molecule has 0 unspecified atom stereocenters. The van der Waals surface area contributed by atoms with Crippen molar-refractivity contribution >= 4 is 48.5 Å². The van der Waals surface area contributed by atoms with E-state index in [0.29, 0.717) is 0 Å². The van der Waals surface area contributed by atoms with Gasteiger partial charge >= 0.3 is 0 Å². The van der Waals surface area contributed by atoms with Gasteiger partial charge in [-0.2, -0.15) is 0 Å². The summed E-state index contributed by atoms with van der Waals surface area (Å²) in [5, 5.41) is 4.75. The molecule has 0 aliphatic carbocycles. The molecule has 4 rings (SSSR count). The lowest BCUT2D eigenvalue weighted by Gasteiger charge is -2.07. The molecule has 3 aromatic carbocycles. The molecule has 19 heavy (non-hydrogen) atoms. The molecule has 0 saturated carbocycles. The number of nitrogens with zero attached hydrogens (tertiary/aromatic N) is 1. The average molecular weight is 308 g/mol. The summed E-state index contributed by atoms with van der Waals surface area (Å²) in [7, 11) is 0. The third-order valence-electron chi connectivity index (χ3n) is 3.48. The first-order chi connectivity index (χ1) is 9.33. The molecule has 4 aromatic rings. The number of rotatable bonds is 0. The minimum absolute atomic E-state index is 1.04. The van der Waals surface area contributed by atoms with Crippen LogP contribution in [0.1, 0.15) is 0 Å². The smallest absolute Gasteiger partial charge is 0.0788 e. The Kier molecular flexibility index (Phi) is 2.32. The van der Waals surface area contributed by atoms with Gasteiger partial charge < -0.3 is 0 Å². The lowest BCUT2D eigenvalue weighted by atomic mass is 10.0. The summed E-state index contributed by atoms with van der Waals surface area (Å²) in [6.07, 6.45) is 0. The zero-order chi connectivity index (χ0) is 12.8. The third-order valence-corrected chi connectivity index (χ3v) is 4.13. The Labute approximate surface area is 119 Å². The van der Waals surface area contributed by atoms with Gasteiger partial charge in [-0.15, -0.1) is 0 Å². The number of para-hydroxylation sites is 1. The summed E-state index contributed by atoms with van der Waals surface area (Å²) in [6.45, 7) is 0. The maximum atomic E-state index is 4.83. The van der Waals surface area contributed by atoms with Crippen LogP contribution in [0, 0.1) is 0 Å². The van der Waals surface area contributed by atoms with Gasteiger partial charge in [0.15, 0.2) is 0 Å². The van der Waals surface area contributed by atoms with Gasteiger partial charge in [0.25, 0.3) is 0 Å². The maximum Gasteiger partial charge on any atom is 0.0788 e. The van der Waals surface area contributed by atoms with E-state index in [1.807, 2.05) is 12.1 Å². The van der Waals surface area contributed by atoms with Gasteiger partial charge in [-0.25, -0.2) is 4.98 Å². The van der Waals surface area contributed by atoms with E-state index < -0.39 is 0 Å². The number of aromatic nitrogens is 1. The highest BCUT2D eigenvalue weighted by atomic mass is 79.9. The third kappa shape index (κ3) is 1.64. The summed E-state index contributed by atoms with van der Waals surface area (Å²) >= 11 is 3.65. The van der Waals surface area contributed by atoms with Gasteiger partial charge in [-0.05, 0) is 23.6 Å². The van der Waals surface area contributed by atoms with E-state index in [2.05, 4.69) is 64.5 Å². The lowest BCUT2D eigenvalue weighted by Crippen LogP contribution is -1.85. The first kappa shape index (κ1) is 10.9. The second kappa shape index (κ2) is 4.04. The quantitative estimate of drug-likeness (QED) is 0.317. The van der Waals surface area contributed by atoms with E-state index in [0.717, 1.165) is 15.5 Å². The molecular formula is C17H10BrN. The SMILES string of the molecule is Brc1cc2cc3ccccc3nc2c2ccccc12. The highest BCUT2D eigenvalue weighted by Crippen LogP contribution is 2.32. The van der Waals surface area contributed by atoms with E-state index >= 15 is 0 Å². The summed E-state index contributed by atoms with van der Waals surface area (Å²) < 4.78 is 1.12. The number of benzene rings is 3. The number of halogens is 1. The summed E-state index contributed by atoms with van der Waals surface area (Å²) in [4.78, 5) is 4.83. The van der Waals surface area contributed by atoms with Gasteiger partial charge in [0.05, 0.1) is 11.0 Å². The average Bonchev–Trinajstić information content (AvgIpc) is 2.46. The van der Waals surface area contributed by atoms with Crippen molar-refractivity contribution in [2.45, 2.75) is 0 Å². The van der Waals surface area contributed by atoms with E-state index in [1.54, 1.807) is 0 Å². The second-order valence-corrected chi connectivity index (χ2v) is 5.51. The summed E-state index contributed by atoms with van der Waals surface area (Å²) in [6, 6.07) is 21.0.